The topological polar surface area (TPSA) is 34.1 Å². The standard InChI is InChI=1S/C18H14O2S/c1-5-15-11-13(3)7-9-17(15)21(19,20)18-10-8-14(4)12-16(18)6-2/h1-2,7-12H,3-4H3. The molecule has 0 aliphatic carbocycles. The van der Waals surface area contributed by atoms with Crippen molar-refractivity contribution >= 4 is 9.84 Å². The van der Waals surface area contributed by atoms with Gasteiger partial charge in [-0.1, -0.05) is 24.0 Å². The molecule has 0 aromatic heterocycles. The zero-order valence-corrected chi connectivity index (χ0v) is 12.7. The highest BCUT2D eigenvalue weighted by Gasteiger charge is 2.23. The van der Waals surface area contributed by atoms with Crippen molar-refractivity contribution in [2.45, 2.75) is 23.6 Å². The molecule has 0 amide bonds. The summed E-state index contributed by atoms with van der Waals surface area (Å²) < 4.78 is 25.6. The van der Waals surface area contributed by atoms with E-state index in [-0.39, 0.29) is 9.79 Å². The molecule has 2 aromatic carbocycles. The van der Waals surface area contributed by atoms with Gasteiger partial charge >= 0.3 is 0 Å². The van der Waals surface area contributed by atoms with Crippen LogP contribution in [0, 0.1) is 38.5 Å². The van der Waals surface area contributed by atoms with E-state index in [0.717, 1.165) is 11.1 Å². The van der Waals surface area contributed by atoms with Gasteiger partial charge < -0.3 is 0 Å². The first kappa shape index (κ1) is 14.9. The van der Waals surface area contributed by atoms with Gasteiger partial charge in [-0.2, -0.15) is 0 Å². The van der Waals surface area contributed by atoms with Gasteiger partial charge in [0, 0.05) is 11.1 Å². The fraction of sp³-hybridized carbons (Fsp3) is 0.111. The summed E-state index contributed by atoms with van der Waals surface area (Å²) in [6.07, 6.45) is 10.9. The van der Waals surface area contributed by atoms with E-state index in [0.29, 0.717) is 11.1 Å². The number of benzene rings is 2. The molecule has 2 nitrogen and oxygen atoms in total. The third kappa shape index (κ3) is 2.70. The maximum atomic E-state index is 12.8. The van der Waals surface area contributed by atoms with Crippen LogP contribution in [0.1, 0.15) is 22.3 Å². The number of hydrogen-bond donors (Lipinski definition) is 0. The molecule has 0 heterocycles. The third-order valence-electron chi connectivity index (χ3n) is 3.16. The van der Waals surface area contributed by atoms with Crippen molar-refractivity contribution in [1.82, 2.24) is 0 Å². The van der Waals surface area contributed by atoms with Crippen LogP contribution in [0.3, 0.4) is 0 Å². The number of rotatable bonds is 2. The summed E-state index contributed by atoms with van der Waals surface area (Å²) >= 11 is 0. The van der Waals surface area contributed by atoms with Crippen LogP contribution in [-0.4, -0.2) is 8.42 Å². The summed E-state index contributed by atoms with van der Waals surface area (Å²) in [5, 5.41) is 0. The molecule has 0 bridgehead atoms. The maximum Gasteiger partial charge on any atom is 0.209 e. The minimum Gasteiger partial charge on any atom is -0.218 e. The Kier molecular flexibility index (Phi) is 3.89. The smallest absolute Gasteiger partial charge is 0.209 e. The van der Waals surface area contributed by atoms with Gasteiger partial charge in [-0.05, 0) is 49.2 Å². The first-order chi connectivity index (χ1) is 9.90. The Morgan fingerprint density at radius 1 is 0.810 bits per heavy atom. The lowest BCUT2D eigenvalue weighted by atomic mass is 10.1. The van der Waals surface area contributed by atoms with Gasteiger partial charge in [-0.25, -0.2) is 8.42 Å². The van der Waals surface area contributed by atoms with Gasteiger partial charge in [-0.15, -0.1) is 12.8 Å². The fourth-order valence-corrected chi connectivity index (χ4v) is 3.65. The number of terminal acetylenes is 2. The van der Waals surface area contributed by atoms with Crippen molar-refractivity contribution in [2.75, 3.05) is 0 Å². The van der Waals surface area contributed by atoms with Crippen LogP contribution in [0.5, 0.6) is 0 Å². The molecule has 21 heavy (non-hydrogen) atoms. The highest BCUT2D eigenvalue weighted by Crippen LogP contribution is 2.27. The molecule has 0 aliphatic heterocycles. The normalized spacial score (nSPS) is 10.7. The lowest BCUT2D eigenvalue weighted by molar-refractivity contribution is 0.595. The van der Waals surface area contributed by atoms with Crippen molar-refractivity contribution < 1.29 is 8.42 Å². The van der Waals surface area contributed by atoms with Gasteiger partial charge in [0.25, 0.3) is 0 Å². The Bertz CT molecular complexity index is 822. The molecule has 0 radical (unpaired) electrons. The second kappa shape index (κ2) is 5.48. The molecule has 0 saturated carbocycles. The van der Waals surface area contributed by atoms with Crippen molar-refractivity contribution in [3.05, 3.63) is 58.7 Å². The summed E-state index contributed by atoms with van der Waals surface area (Å²) in [5.74, 6) is 4.86. The number of sulfone groups is 1. The van der Waals surface area contributed by atoms with E-state index in [1.165, 1.54) is 12.1 Å². The molecule has 0 unspecified atom stereocenters. The number of aryl methyl sites for hydroxylation is 2. The molecule has 0 spiro atoms. The average Bonchev–Trinajstić information content (AvgIpc) is 2.46. The van der Waals surface area contributed by atoms with E-state index in [1.54, 1.807) is 24.3 Å². The molecule has 0 saturated heterocycles. The molecule has 0 N–H and O–H groups in total. The van der Waals surface area contributed by atoms with Crippen LogP contribution in [-0.2, 0) is 9.84 Å². The molecule has 0 atom stereocenters. The molecule has 0 fully saturated rings. The van der Waals surface area contributed by atoms with Crippen LogP contribution in [0.25, 0.3) is 0 Å². The second-order valence-corrected chi connectivity index (χ2v) is 6.68. The molecule has 3 heteroatoms. The Balaban J connectivity index is 2.76. The van der Waals surface area contributed by atoms with Gasteiger partial charge in [-0.3, -0.25) is 0 Å². The maximum absolute atomic E-state index is 12.8. The van der Waals surface area contributed by atoms with E-state index in [1.807, 2.05) is 13.8 Å². The lowest BCUT2D eigenvalue weighted by Gasteiger charge is -2.10. The SMILES string of the molecule is C#Cc1cc(C)ccc1S(=O)(=O)c1ccc(C)cc1C#C. The highest BCUT2D eigenvalue weighted by atomic mass is 32.2. The Morgan fingerprint density at radius 3 is 1.52 bits per heavy atom. The van der Waals surface area contributed by atoms with E-state index in [2.05, 4.69) is 11.8 Å². The highest BCUT2D eigenvalue weighted by molar-refractivity contribution is 7.91. The lowest BCUT2D eigenvalue weighted by Crippen LogP contribution is -2.07. The zero-order chi connectivity index (χ0) is 15.6. The Hall–Kier alpha value is -2.49. The van der Waals surface area contributed by atoms with Crippen molar-refractivity contribution in [3.8, 4) is 24.7 Å². The van der Waals surface area contributed by atoms with Crippen LogP contribution in [0.4, 0.5) is 0 Å². The Morgan fingerprint density at radius 2 is 1.19 bits per heavy atom. The summed E-state index contributed by atoms with van der Waals surface area (Å²) in [6.45, 7) is 3.71. The van der Waals surface area contributed by atoms with E-state index >= 15 is 0 Å². The quantitative estimate of drug-likeness (QED) is 0.798. The molecular weight excluding hydrogens is 280 g/mol. The molecule has 0 aliphatic rings. The van der Waals surface area contributed by atoms with Crippen LogP contribution < -0.4 is 0 Å². The van der Waals surface area contributed by atoms with Gasteiger partial charge in [0.15, 0.2) is 0 Å². The summed E-state index contributed by atoms with van der Waals surface area (Å²) in [7, 11) is -3.74. The molecule has 104 valence electrons. The van der Waals surface area contributed by atoms with E-state index in [9.17, 15) is 8.42 Å². The van der Waals surface area contributed by atoms with Crippen molar-refractivity contribution in [1.29, 1.82) is 0 Å². The third-order valence-corrected chi connectivity index (χ3v) is 5.03. The van der Waals surface area contributed by atoms with Gasteiger partial charge in [0.2, 0.25) is 9.84 Å². The van der Waals surface area contributed by atoms with Crippen LogP contribution in [0.2, 0.25) is 0 Å². The minimum atomic E-state index is -3.74. The zero-order valence-electron chi connectivity index (χ0n) is 11.8. The van der Waals surface area contributed by atoms with E-state index in [4.69, 9.17) is 12.8 Å². The molecular formula is C18H14O2S. The second-order valence-electron chi connectivity index (χ2n) is 4.79. The predicted octanol–water partition coefficient (Wildman–Crippen LogP) is 3.10. The summed E-state index contributed by atoms with van der Waals surface area (Å²) in [4.78, 5) is 0.215. The van der Waals surface area contributed by atoms with E-state index < -0.39 is 9.84 Å². The minimum absolute atomic E-state index is 0.107. The summed E-state index contributed by atoms with van der Waals surface area (Å²) in [6, 6.07) is 9.85. The first-order valence-electron chi connectivity index (χ1n) is 6.29. The van der Waals surface area contributed by atoms with Gasteiger partial charge in [0.05, 0.1) is 9.79 Å². The molecule has 2 rings (SSSR count). The predicted molar refractivity (Wildman–Crippen MR) is 83.7 cm³/mol. The Labute approximate surface area is 125 Å². The van der Waals surface area contributed by atoms with Crippen molar-refractivity contribution in [2.24, 2.45) is 0 Å². The van der Waals surface area contributed by atoms with Gasteiger partial charge in [0.1, 0.15) is 0 Å². The summed E-state index contributed by atoms with van der Waals surface area (Å²) in [5.41, 5.74) is 2.50. The van der Waals surface area contributed by atoms with Crippen LogP contribution in [0.15, 0.2) is 46.2 Å². The average molecular weight is 294 g/mol. The van der Waals surface area contributed by atoms with Crippen LogP contribution >= 0.6 is 0 Å². The fourth-order valence-electron chi connectivity index (χ4n) is 2.10. The molecule has 2 aromatic rings. The largest absolute Gasteiger partial charge is 0.218 e. The monoisotopic (exact) mass is 294 g/mol. The van der Waals surface area contributed by atoms with Crippen molar-refractivity contribution in [3.63, 3.8) is 0 Å². The number of hydrogen-bond acceptors (Lipinski definition) is 2. The first-order valence-corrected chi connectivity index (χ1v) is 7.78.